The van der Waals surface area contributed by atoms with E-state index in [2.05, 4.69) is 0 Å². The van der Waals surface area contributed by atoms with Crippen molar-refractivity contribution < 1.29 is 14.7 Å². The van der Waals surface area contributed by atoms with Gasteiger partial charge in [0.05, 0.1) is 23.0 Å². The molecule has 7 nitrogen and oxygen atoms in total. The van der Waals surface area contributed by atoms with Crippen LogP contribution in [0, 0.1) is 13.8 Å². The maximum Gasteiger partial charge on any atom is 0.300 e. The van der Waals surface area contributed by atoms with Crippen LogP contribution < -0.4 is 10.5 Å². The minimum Gasteiger partial charge on any atom is -0.507 e. The molecule has 5 rings (SSSR count). The first kappa shape index (κ1) is 24.3. The monoisotopic (exact) mass is 513 g/mol. The van der Waals surface area contributed by atoms with E-state index in [4.69, 9.17) is 11.6 Å². The molecule has 1 N–H and O–H groups in total. The maximum atomic E-state index is 13.8. The smallest absolute Gasteiger partial charge is 0.300 e. The summed E-state index contributed by atoms with van der Waals surface area (Å²) in [5.41, 5.74) is 2.53. The van der Waals surface area contributed by atoms with Crippen LogP contribution in [0.4, 0.5) is 5.69 Å². The number of amides is 1. The number of benzene rings is 3. The molecule has 1 atom stereocenters. The highest BCUT2D eigenvalue weighted by atomic mass is 35.5. The number of aromatic nitrogens is 2. The molecule has 0 saturated carbocycles. The lowest BCUT2D eigenvalue weighted by molar-refractivity contribution is -0.132. The first-order chi connectivity index (χ1) is 17.7. The summed E-state index contributed by atoms with van der Waals surface area (Å²) in [5, 5.41) is 11.8. The molecule has 0 radical (unpaired) electrons. The van der Waals surface area contributed by atoms with Crippen molar-refractivity contribution in [2.75, 3.05) is 4.90 Å². The highest BCUT2D eigenvalue weighted by Gasteiger charge is 2.49. The molecule has 1 unspecified atom stereocenters. The second kappa shape index (κ2) is 9.26. The average Bonchev–Trinajstić information content (AvgIpc) is 3.28. The van der Waals surface area contributed by atoms with Crippen LogP contribution in [-0.2, 0) is 16.6 Å². The van der Waals surface area contributed by atoms with Crippen molar-refractivity contribution in [2.45, 2.75) is 19.9 Å². The van der Waals surface area contributed by atoms with Crippen molar-refractivity contribution in [3.05, 3.63) is 122 Å². The molecule has 1 fully saturated rings. The number of carbonyl (C=O) groups is 2. The predicted octanol–water partition coefficient (Wildman–Crippen LogP) is 5.07. The van der Waals surface area contributed by atoms with E-state index in [1.165, 1.54) is 9.58 Å². The van der Waals surface area contributed by atoms with Gasteiger partial charge in [-0.3, -0.25) is 24.0 Å². The number of halogens is 1. The van der Waals surface area contributed by atoms with Crippen LogP contribution >= 0.6 is 11.6 Å². The molecule has 0 bridgehead atoms. The molecule has 2 heterocycles. The van der Waals surface area contributed by atoms with E-state index in [1.807, 2.05) is 37.3 Å². The normalized spacial score (nSPS) is 17.0. The molecule has 4 aromatic rings. The summed E-state index contributed by atoms with van der Waals surface area (Å²) in [5.74, 6) is -2.07. The van der Waals surface area contributed by atoms with Gasteiger partial charge in [0.2, 0.25) is 0 Å². The van der Waals surface area contributed by atoms with Crippen molar-refractivity contribution in [2.24, 2.45) is 7.05 Å². The summed E-state index contributed by atoms with van der Waals surface area (Å²) in [6.07, 6.45) is 0. The Labute approximate surface area is 218 Å². The van der Waals surface area contributed by atoms with Crippen LogP contribution in [0.2, 0.25) is 5.02 Å². The van der Waals surface area contributed by atoms with Crippen molar-refractivity contribution in [3.8, 4) is 5.69 Å². The van der Waals surface area contributed by atoms with E-state index in [1.54, 1.807) is 67.2 Å². The largest absolute Gasteiger partial charge is 0.507 e. The number of rotatable bonds is 4. The van der Waals surface area contributed by atoms with Gasteiger partial charge in [-0.2, -0.15) is 0 Å². The fraction of sp³-hybridized carbons (Fsp3) is 0.138. The van der Waals surface area contributed by atoms with Crippen LogP contribution in [0.15, 0.2) is 89.2 Å². The molecule has 1 aromatic heterocycles. The third-order valence-electron chi connectivity index (χ3n) is 6.72. The third-order valence-corrected chi connectivity index (χ3v) is 6.97. The van der Waals surface area contributed by atoms with Gasteiger partial charge in [-0.15, -0.1) is 0 Å². The molecule has 0 aliphatic carbocycles. The molecule has 1 amide bonds. The number of aliphatic hydroxyl groups excluding tert-OH is 1. The summed E-state index contributed by atoms with van der Waals surface area (Å²) in [6.45, 7) is 3.63. The van der Waals surface area contributed by atoms with Crippen LogP contribution in [0.25, 0.3) is 11.4 Å². The predicted molar refractivity (Wildman–Crippen MR) is 143 cm³/mol. The van der Waals surface area contributed by atoms with Crippen molar-refractivity contribution >= 4 is 34.7 Å². The first-order valence-corrected chi connectivity index (χ1v) is 12.1. The molecular weight excluding hydrogens is 490 g/mol. The first-order valence-electron chi connectivity index (χ1n) is 11.7. The number of hydrogen-bond donors (Lipinski definition) is 1. The van der Waals surface area contributed by atoms with Crippen LogP contribution in [0.3, 0.4) is 0 Å². The van der Waals surface area contributed by atoms with E-state index in [-0.39, 0.29) is 17.0 Å². The molecular formula is C29H24ClN3O4. The van der Waals surface area contributed by atoms with E-state index in [9.17, 15) is 19.5 Å². The fourth-order valence-electron chi connectivity index (χ4n) is 4.72. The van der Waals surface area contributed by atoms with Crippen LogP contribution in [0.1, 0.15) is 28.4 Å². The number of ketones is 1. The van der Waals surface area contributed by atoms with Gasteiger partial charge in [-0.1, -0.05) is 71.8 Å². The number of hydrogen-bond acceptors (Lipinski definition) is 4. The Hall–Kier alpha value is -4.36. The van der Waals surface area contributed by atoms with Gasteiger partial charge in [0, 0.05) is 17.6 Å². The Kier molecular flexibility index (Phi) is 6.09. The number of anilines is 1. The maximum absolute atomic E-state index is 13.8. The molecule has 3 aromatic carbocycles. The topological polar surface area (TPSA) is 84.5 Å². The Bertz CT molecular complexity index is 1610. The number of Topliss-reactive ketones (excluding diaryl/α,β-unsaturated/α-hetero) is 1. The van der Waals surface area contributed by atoms with Gasteiger partial charge >= 0.3 is 0 Å². The number of para-hydroxylation sites is 1. The lowest BCUT2D eigenvalue weighted by Gasteiger charge is -2.24. The summed E-state index contributed by atoms with van der Waals surface area (Å²) in [4.78, 5) is 42.0. The summed E-state index contributed by atoms with van der Waals surface area (Å²) < 4.78 is 3.09. The minimum atomic E-state index is -1.03. The number of aliphatic hydroxyl groups is 1. The van der Waals surface area contributed by atoms with Gasteiger partial charge in [-0.05, 0) is 43.7 Å². The molecule has 1 saturated heterocycles. The van der Waals surface area contributed by atoms with E-state index >= 15 is 0 Å². The second-order valence-corrected chi connectivity index (χ2v) is 9.43. The minimum absolute atomic E-state index is 0.0661. The fourth-order valence-corrected chi connectivity index (χ4v) is 4.85. The standard InChI is InChI=1S/C29H24ClN3O4/c1-17-9-11-20(12-10-17)26(34)23-25(19-13-15-21(30)16-14-19)32(29(37)27(23)35)24-18(2)31(3)33(28(24)36)22-7-5-4-6-8-22/h4-16,25,34H,1-3H3/b26-23+. The van der Waals surface area contributed by atoms with Crippen LogP contribution in [0.5, 0.6) is 0 Å². The number of nitrogens with zero attached hydrogens (tertiary/aromatic N) is 3. The lowest BCUT2D eigenvalue weighted by atomic mass is 9.95. The molecule has 186 valence electrons. The van der Waals surface area contributed by atoms with E-state index in [0.717, 1.165) is 5.56 Å². The highest BCUT2D eigenvalue weighted by molar-refractivity contribution is 6.51. The second-order valence-electron chi connectivity index (χ2n) is 9.00. The van der Waals surface area contributed by atoms with E-state index in [0.29, 0.717) is 27.5 Å². The van der Waals surface area contributed by atoms with Gasteiger partial charge in [0.1, 0.15) is 11.4 Å². The van der Waals surface area contributed by atoms with Gasteiger partial charge in [-0.25, -0.2) is 4.68 Å². The zero-order valence-electron chi connectivity index (χ0n) is 20.5. The molecule has 37 heavy (non-hydrogen) atoms. The van der Waals surface area contributed by atoms with Gasteiger partial charge in [0.25, 0.3) is 17.2 Å². The number of aryl methyl sites for hydroxylation is 1. The van der Waals surface area contributed by atoms with Gasteiger partial charge < -0.3 is 5.11 Å². The van der Waals surface area contributed by atoms with Crippen molar-refractivity contribution in [1.29, 1.82) is 0 Å². The van der Waals surface area contributed by atoms with Crippen molar-refractivity contribution in [1.82, 2.24) is 9.36 Å². The summed E-state index contributed by atoms with van der Waals surface area (Å²) in [7, 11) is 1.72. The summed E-state index contributed by atoms with van der Waals surface area (Å²) in [6, 6.07) is 21.6. The van der Waals surface area contributed by atoms with E-state index < -0.39 is 23.3 Å². The van der Waals surface area contributed by atoms with Gasteiger partial charge in [0.15, 0.2) is 0 Å². The lowest BCUT2D eigenvalue weighted by Crippen LogP contribution is -2.34. The molecule has 1 aliphatic rings. The summed E-state index contributed by atoms with van der Waals surface area (Å²) >= 11 is 6.12. The average molecular weight is 514 g/mol. The van der Waals surface area contributed by atoms with Crippen LogP contribution in [-0.4, -0.2) is 26.2 Å². The third kappa shape index (κ3) is 3.97. The Balaban J connectivity index is 1.78. The zero-order valence-corrected chi connectivity index (χ0v) is 21.2. The Morgan fingerprint density at radius 2 is 1.49 bits per heavy atom. The Morgan fingerprint density at radius 3 is 2.11 bits per heavy atom. The highest BCUT2D eigenvalue weighted by Crippen LogP contribution is 2.42. The number of carbonyl (C=O) groups excluding carboxylic acids is 2. The zero-order chi connectivity index (χ0) is 26.4. The Morgan fingerprint density at radius 1 is 0.865 bits per heavy atom. The molecule has 1 aliphatic heterocycles. The van der Waals surface area contributed by atoms with Crippen molar-refractivity contribution in [3.63, 3.8) is 0 Å². The quantitative estimate of drug-likeness (QED) is 0.234. The SMILES string of the molecule is Cc1ccc(/C(O)=C2\C(=O)C(=O)N(c3c(C)n(C)n(-c4ccccc4)c3=O)C2c2ccc(Cl)cc2)cc1. The molecule has 0 spiro atoms. The molecule has 8 heteroatoms.